The van der Waals surface area contributed by atoms with Gasteiger partial charge in [-0.3, -0.25) is 14.5 Å². The van der Waals surface area contributed by atoms with Gasteiger partial charge in [0.2, 0.25) is 11.8 Å². The van der Waals surface area contributed by atoms with Crippen molar-refractivity contribution in [3.63, 3.8) is 0 Å². The number of para-hydroxylation sites is 3. The van der Waals surface area contributed by atoms with E-state index in [9.17, 15) is 9.59 Å². The molecule has 1 aliphatic heterocycles. The number of ether oxygens (including phenoxy) is 1. The summed E-state index contributed by atoms with van der Waals surface area (Å²) in [4.78, 5) is 31.0. The molecule has 0 radical (unpaired) electrons. The molecule has 1 N–H and O–H groups in total. The number of carbonyl (C=O) groups is 2. The standard InChI is InChI=1S/C24H32N4O3/c1-4-19-9-5-6-10-20(19)25-23(29)17-26(2)18-24(30)28-15-13-27(14-16-28)21-11-7-8-12-22(21)31-3/h5-12H,4,13-18H2,1-3H3,(H,25,29). The van der Waals surface area contributed by atoms with Crippen molar-refractivity contribution in [1.29, 1.82) is 0 Å². The van der Waals surface area contributed by atoms with Crippen LogP contribution in [0.3, 0.4) is 0 Å². The molecular weight excluding hydrogens is 392 g/mol. The molecule has 0 atom stereocenters. The van der Waals surface area contributed by atoms with Gasteiger partial charge in [0.25, 0.3) is 0 Å². The first-order chi connectivity index (χ1) is 15.0. The molecule has 0 saturated carbocycles. The fourth-order valence-corrected chi connectivity index (χ4v) is 3.86. The number of nitrogens with zero attached hydrogens (tertiary/aromatic N) is 3. The van der Waals surface area contributed by atoms with Gasteiger partial charge in [0.1, 0.15) is 5.75 Å². The van der Waals surface area contributed by atoms with E-state index in [4.69, 9.17) is 4.74 Å². The molecule has 31 heavy (non-hydrogen) atoms. The maximum absolute atomic E-state index is 12.7. The van der Waals surface area contributed by atoms with Crippen molar-refractivity contribution in [2.24, 2.45) is 0 Å². The van der Waals surface area contributed by atoms with Crippen LogP contribution in [0.1, 0.15) is 12.5 Å². The van der Waals surface area contributed by atoms with Crippen LogP contribution in [0.15, 0.2) is 48.5 Å². The summed E-state index contributed by atoms with van der Waals surface area (Å²) in [6.45, 7) is 5.27. The average molecular weight is 425 g/mol. The summed E-state index contributed by atoms with van der Waals surface area (Å²) in [5.41, 5.74) is 2.99. The lowest BCUT2D eigenvalue weighted by Gasteiger charge is -2.37. The monoisotopic (exact) mass is 424 g/mol. The normalized spacial score (nSPS) is 13.9. The lowest BCUT2D eigenvalue weighted by atomic mass is 10.1. The Labute approximate surface area is 184 Å². The van der Waals surface area contributed by atoms with Gasteiger partial charge >= 0.3 is 0 Å². The number of hydrogen-bond donors (Lipinski definition) is 1. The summed E-state index contributed by atoms with van der Waals surface area (Å²) in [7, 11) is 3.47. The number of rotatable bonds is 8. The lowest BCUT2D eigenvalue weighted by Crippen LogP contribution is -2.51. The molecule has 7 heteroatoms. The van der Waals surface area contributed by atoms with Crippen LogP contribution in [-0.4, -0.2) is 75.0 Å². The number of anilines is 2. The number of hydrogen-bond acceptors (Lipinski definition) is 5. The molecule has 2 aromatic carbocycles. The third kappa shape index (κ3) is 5.98. The number of likely N-dealkylation sites (N-methyl/N-ethyl adjacent to an activating group) is 1. The molecule has 1 fully saturated rings. The number of aryl methyl sites for hydroxylation is 1. The summed E-state index contributed by atoms with van der Waals surface area (Å²) in [6, 6.07) is 15.7. The second kappa shape index (κ2) is 10.8. The minimum absolute atomic E-state index is 0.0453. The Kier molecular flexibility index (Phi) is 7.89. The summed E-state index contributed by atoms with van der Waals surface area (Å²) in [5, 5.41) is 2.96. The van der Waals surface area contributed by atoms with Gasteiger partial charge < -0.3 is 19.9 Å². The molecular formula is C24H32N4O3. The SMILES string of the molecule is CCc1ccccc1NC(=O)CN(C)CC(=O)N1CCN(c2ccccc2OC)CC1. The Morgan fingerprint density at radius 1 is 1.00 bits per heavy atom. The van der Waals surface area contributed by atoms with Gasteiger partial charge in [0.05, 0.1) is 25.9 Å². The first-order valence-corrected chi connectivity index (χ1v) is 10.7. The third-order valence-corrected chi connectivity index (χ3v) is 5.55. The second-order valence-electron chi connectivity index (χ2n) is 7.77. The third-order valence-electron chi connectivity index (χ3n) is 5.55. The summed E-state index contributed by atoms with van der Waals surface area (Å²) >= 11 is 0. The molecule has 1 heterocycles. The molecule has 1 saturated heterocycles. The summed E-state index contributed by atoms with van der Waals surface area (Å²) < 4.78 is 5.45. The van der Waals surface area contributed by atoms with Crippen molar-refractivity contribution in [3.8, 4) is 5.75 Å². The minimum atomic E-state index is -0.114. The Morgan fingerprint density at radius 2 is 1.68 bits per heavy atom. The zero-order chi connectivity index (χ0) is 22.2. The Hall–Kier alpha value is -3.06. The molecule has 3 rings (SSSR count). The van der Waals surface area contributed by atoms with Gasteiger partial charge in [0, 0.05) is 31.9 Å². The van der Waals surface area contributed by atoms with Crippen LogP contribution in [0.25, 0.3) is 0 Å². The predicted octanol–water partition coefficient (Wildman–Crippen LogP) is 2.48. The van der Waals surface area contributed by atoms with Crippen molar-refractivity contribution in [3.05, 3.63) is 54.1 Å². The van der Waals surface area contributed by atoms with Crippen molar-refractivity contribution in [1.82, 2.24) is 9.80 Å². The molecule has 2 amide bonds. The van der Waals surface area contributed by atoms with Crippen LogP contribution < -0.4 is 15.0 Å². The van der Waals surface area contributed by atoms with E-state index in [0.717, 1.165) is 42.2 Å². The summed E-state index contributed by atoms with van der Waals surface area (Å²) in [5.74, 6) is 0.777. The number of methoxy groups -OCH3 is 1. The van der Waals surface area contributed by atoms with Crippen LogP contribution in [0.5, 0.6) is 5.75 Å². The quantitative estimate of drug-likeness (QED) is 0.705. The highest BCUT2D eigenvalue weighted by molar-refractivity contribution is 5.93. The van der Waals surface area contributed by atoms with Crippen molar-refractivity contribution < 1.29 is 14.3 Å². The average Bonchev–Trinajstić information content (AvgIpc) is 2.79. The molecule has 0 aromatic heterocycles. The zero-order valence-corrected chi connectivity index (χ0v) is 18.6. The lowest BCUT2D eigenvalue weighted by molar-refractivity contribution is -0.132. The van der Waals surface area contributed by atoms with E-state index in [1.165, 1.54) is 0 Å². The molecule has 0 bridgehead atoms. The fourth-order valence-electron chi connectivity index (χ4n) is 3.86. The van der Waals surface area contributed by atoms with E-state index in [1.54, 1.807) is 19.1 Å². The second-order valence-corrected chi connectivity index (χ2v) is 7.77. The number of piperazine rings is 1. The highest BCUT2D eigenvalue weighted by atomic mass is 16.5. The summed E-state index contributed by atoms with van der Waals surface area (Å²) in [6.07, 6.45) is 0.853. The Balaban J connectivity index is 1.46. The van der Waals surface area contributed by atoms with Crippen LogP contribution in [0.4, 0.5) is 11.4 Å². The van der Waals surface area contributed by atoms with Crippen molar-refractivity contribution in [2.45, 2.75) is 13.3 Å². The number of carbonyl (C=O) groups excluding carboxylic acids is 2. The van der Waals surface area contributed by atoms with Gasteiger partial charge in [-0.2, -0.15) is 0 Å². The highest BCUT2D eigenvalue weighted by Crippen LogP contribution is 2.28. The minimum Gasteiger partial charge on any atom is -0.495 e. The molecule has 0 unspecified atom stereocenters. The van der Waals surface area contributed by atoms with E-state index < -0.39 is 0 Å². The largest absolute Gasteiger partial charge is 0.495 e. The highest BCUT2D eigenvalue weighted by Gasteiger charge is 2.24. The molecule has 0 aliphatic carbocycles. The van der Waals surface area contributed by atoms with Crippen molar-refractivity contribution in [2.75, 3.05) is 63.6 Å². The number of amides is 2. The van der Waals surface area contributed by atoms with E-state index >= 15 is 0 Å². The molecule has 0 spiro atoms. The van der Waals surface area contributed by atoms with Gasteiger partial charge in [-0.1, -0.05) is 37.3 Å². The predicted molar refractivity (Wildman–Crippen MR) is 124 cm³/mol. The van der Waals surface area contributed by atoms with E-state index in [1.807, 2.05) is 53.4 Å². The topological polar surface area (TPSA) is 65.1 Å². The van der Waals surface area contributed by atoms with E-state index in [2.05, 4.69) is 17.1 Å². The number of nitrogens with one attached hydrogen (secondary N) is 1. The van der Waals surface area contributed by atoms with Crippen LogP contribution >= 0.6 is 0 Å². The van der Waals surface area contributed by atoms with Crippen molar-refractivity contribution >= 4 is 23.2 Å². The maximum atomic E-state index is 12.7. The fraction of sp³-hybridized carbons (Fsp3) is 0.417. The smallest absolute Gasteiger partial charge is 0.238 e. The molecule has 1 aliphatic rings. The molecule has 166 valence electrons. The van der Waals surface area contributed by atoms with E-state index in [0.29, 0.717) is 13.1 Å². The van der Waals surface area contributed by atoms with Crippen LogP contribution in [0.2, 0.25) is 0 Å². The molecule has 2 aromatic rings. The van der Waals surface area contributed by atoms with E-state index in [-0.39, 0.29) is 24.9 Å². The van der Waals surface area contributed by atoms with Gasteiger partial charge in [-0.05, 0) is 37.2 Å². The molecule has 7 nitrogen and oxygen atoms in total. The Bertz CT molecular complexity index is 894. The number of benzene rings is 2. The first-order valence-electron chi connectivity index (χ1n) is 10.7. The van der Waals surface area contributed by atoms with Gasteiger partial charge in [0.15, 0.2) is 0 Å². The maximum Gasteiger partial charge on any atom is 0.238 e. The van der Waals surface area contributed by atoms with Gasteiger partial charge in [-0.15, -0.1) is 0 Å². The Morgan fingerprint density at radius 3 is 2.39 bits per heavy atom. The van der Waals surface area contributed by atoms with Crippen LogP contribution in [-0.2, 0) is 16.0 Å². The first kappa shape index (κ1) is 22.6. The van der Waals surface area contributed by atoms with Gasteiger partial charge in [-0.25, -0.2) is 0 Å². The zero-order valence-electron chi connectivity index (χ0n) is 18.6. The van der Waals surface area contributed by atoms with Crippen LogP contribution in [0, 0.1) is 0 Å².